The van der Waals surface area contributed by atoms with Crippen molar-refractivity contribution in [2.24, 2.45) is 7.05 Å². The number of benzene rings is 2. The molecule has 5 nitrogen and oxygen atoms in total. The fourth-order valence-corrected chi connectivity index (χ4v) is 4.39. The van der Waals surface area contributed by atoms with Gasteiger partial charge < -0.3 is 9.88 Å². The number of carbonyl (C=O) groups is 1. The van der Waals surface area contributed by atoms with Gasteiger partial charge in [0.2, 0.25) is 5.91 Å². The molecule has 2 aromatic carbocycles. The van der Waals surface area contributed by atoms with Crippen LogP contribution in [0.15, 0.2) is 64.5 Å². The third kappa shape index (κ3) is 3.60. The Bertz CT molecular complexity index is 1080. The van der Waals surface area contributed by atoms with Crippen molar-refractivity contribution in [1.29, 1.82) is 0 Å². The zero-order valence-electron chi connectivity index (χ0n) is 15.8. The number of hydrogen-bond acceptors (Lipinski definition) is 4. The summed E-state index contributed by atoms with van der Waals surface area (Å²) in [5.74, 6) is 0.899. The first-order valence-corrected chi connectivity index (χ1v) is 10.2. The third-order valence-electron chi connectivity index (χ3n) is 4.99. The van der Waals surface area contributed by atoms with E-state index in [1.165, 1.54) is 17.3 Å². The first-order valence-electron chi connectivity index (χ1n) is 9.17. The Labute approximate surface area is 167 Å². The summed E-state index contributed by atoms with van der Waals surface area (Å²) in [7, 11) is 1.84. The predicted octanol–water partition coefficient (Wildman–Crippen LogP) is 3.86. The fraction of sp³-hybridized carbons (Fsp3) is 0.227. The number of nitrogens with zero attached hydrogens (tertiary/aromatic N) is 2. The highest BCUT2D eigenvalue weighted by Crippen LogP contribution is 2.35. The van der Waals surface area contributed by atoms with E-state index in [2.05, 4.69) is 41.5 Å². The highest BCUT2D eigenvalue weighted by atomic mass is 32.2. The molecule has 1 aliphatic heterocycles. The number of hydrogen-bond donors (Lipinski definition) is 1. The van der Waals surface area contributed by atoms with Crippen LogP contribution in [0.3, 0.4) is 0 Å². The zero-order chi connectivity index (χ0) is 19.7. The van der Waals surface area contributed by atoms with Gasteiger partial charge in [0.1, 0.15) is 5.82 Å². The molecule has 2 heterocycles. The van der Waals surface area contributed by atoms with Crippen molar-refractivity contribution < 1.29 is 4.79 Å². The number of aromatic nitrogens is 2. The van der Waals surface area contributed by atoms with Crippen molar-refractivity contribution >= 4 is 23.5 Å². The summed E-state index contributed by atoms with van der Waals surface area (Å²) in [5, 5.41) is 3.48. The van der Waals surface area contributed by atoms with E-state index in [9.17, 15) is 9.59 Å². The number of fused-ring (bicyclic) bond motifs is 1. The van der Waals surface area contributed by atoms with Gasteiger partial charge in [-0.05, 0) is 18.1 Å². The maximum absolute atomic E-state index is 12.9. The molecule has 0 spiro atoms. The summed E-state index contributed by atoms with van der Waals surface area (Å²) >= 11 is 1.49. The van der Waals surface area contributed by atoms with E-state index in [1.54, 1.807) is 0 Å². The molecule has 0 saturated carbocycles. The van der Waals surface area contributed by atoms with Crippen molar-refractivity contribution in [2.75, 3.05) is 5.32 Å². The van der Waals surface area contributed by atoms with Crippen LogP contribution in [0.2, 0.25) is 0 Å². The van der Waals surface area contributed by atoms with E-state index in [1.807, 2.05) is 41.9 Å². The highest BCUT2D eigenvalue weighted by molar-refractivity contribution is 7.98. The lowest BCUT2D eigenvalue weighted by atomic mass is 9.87. The Morgan fingerprint density at radius 2 is 1.82 bits per heavy atom. The molecule has 0 aliphatic carbocycles. The van der Waals surface area contributed by atoms with Crippen LogP contribution in [0.1, 0.15) is 34.6 Å². The zero-order valence-corrected chi connectivity index (χ0v) is 16.6. The molecule has 1 amide bonds. The van der Waals surface area contributed by atoms with Gasteiger partial charge in [-0.15, -0.1) is 0 Å². The van der Waals surface area contributed by atoms with Crippen molar-refractivity contribution in [3.8, 4) is 0 Å². The largest absolute Gasteiger partial charge is 0.312 e. The molecule has 1 N–H and O–H groups in total. The number of amides is 1. The smallest absolute Gasteiger partial charge is 0.279 e. The van der Waals surface area contributed by atoms with E-state index in [4.69, 9.17) is 0 Å². The van der Waals surface area contributed by atoms with Crippen LogP contribution in [0.4, 0.5) is 5.82 Å². The molecule has 0 fully saturated rings. The molecule has 3 aromatic rings. The van der Waals surface area contributed by atoms with Crippen LogP contribution in [0.25, 0.3) is 0 Å². The quantitative estimate of drug-likeness (QED) is 0.542. The van der Waals surface area contributed by atoms with Crippen molar-refractivity contribution in [1.82, 2.24) is 9.55 Å². The molecule has 4 rings (SSSR count). The summed E-state index contributed by atoms with van der Waals surface area (Å²) in [6, 6.07) is 18.0. The highest BCUT2D eigenvalue weighted by Gasteiger charge is 2.31. The second kappa shape index (κ2) is 7.64. The van der Waals surface area contributed by atoms with Crippen LogP contribution in [0, 0.1) is 6.92 Å². The summed E-state index contributed by atoms with van der Waals surface area (Å²) in [6.45, 7) is 2.05. The van der Waals surface area contributed by atoms with E-state index < -0.39 is 0 Å². The maximum Gasteiger partial charge on any atom is 0.279 e. The molecule has 1 unspecified atom stereocenters. The fourth-order valence-electron chi connectivity index (χ4n) is 3.47. The molecule has 1 aliphatic rings. The summed E-state index contributed by atoms with van der Waals surface area (Å²) in [6.07, 6.45) is 0.254. The average molecular weight is 391 g/mol. The SMILES string of the molecule is Cc1ccc(CSc2nc(=O)c3c(n2C)NC(=O)CC3c2ccccc2)cc1. The second-order valence-electron chi connectivity index (χ2n) is 7.01. The second-order valence-corrected chi connectivity index (χ2v) is 7.95. The minimum atomic E-state index is -0.271. The van der Waals surface area contributed by atoms with E-state index in [-0.39, 0.29) is 23.8 Å². The monoisotopic (exact) mass is 391 g/mol. The number of thioether (sulfide) groups is 1. The Hall–Kier alpha value is -2.86. The van der Waals surface area contributed by atoms with Crippen LogP contribution in [0.5, 0.6) is 0 Å². The number of rotatable bonds is 4. The third-order valence-corrected chi connectivity index (χ3v) is 6.09. The van der Waals surface area contributed by atoms with Crippen molar-refractivity contribution in [3.63, 3.8) is 0 Å². The summed E-state index contributed by atoms with van der Waals surface area (Å²) in [4.78, 5) is 29.6. The number of nitrogens with one attached hydrogen (secondary N) is 1. The average Bonchev–Trinajstić information content (AvgIpc) is 2.71. The Kier molecular flexibility index (Phi) is 5.05. The van der Waals surface area contributed by atoms with Gasteiger partial charge in [0, 0.05) is 25.1 Å². The van der Waals surface area contributed by atoms with E-state index in [0.29, 0.717) is 22.3 Å². The Morgan fingerprint density at radius 1 is 1.11 bits per heavy atom. The first-order chi connectivity index (χ1) is 13.5. The normalized spacial score (nSPS) is 15.8. The predicted molar refractivity (Wildman–Crippen MR) is 112 cm³/mol. The van der Waals surface area contributed by atoms with Gasteiger partial charge in [-0.1, -0.05) is 71.9 Å². The number of aryl methyl sites for hydroxylation is 1. The Morgan fingerprint density at radius 3 is 2.54 bits per heavy atom. The van der Waals surface area contributed by atoms with Gasteiger partial charge in [-0.25, -0.2) is 0 Å². The molecule has 0 saturated heterocycles. The molecular weight excluding hydrogens is 370 g/mol. The molecule has 6 heteroatoms. The number of anilines is 1. The molecular formula is C22H21N3O2S. The lowest BCUT2D eigenvalue weighted by molar-refractivity contribution is -0.116. The summed E-state index contributed by atoms with van der Waals surface area (Å²) in [5.41, 5.74) is 3.62. The van der Waals surface area contributed by atoms with Crippen LogP contribution in [-0.4, -0.2) is 15.5 Å². The molecule has 0 radical (unpaired) electrons. The van der Waals surface area contributed by atoms with Gasteiger partial charge in [-0.3, -0.25) is 9.59 Å². The van der Waals surface area contributed by atoms with Crippen molar-refractivity contribution in [3.05, 3.63) is 87.2 Å². The van der Waals surface area contributed by atoms with Crippen LogP contribution < -0.4 is 10.9 Å². The van der Waals surface area contributed by atoms with Crippen LogP contribution >= 0.6 is 11.8 Å². The van der Waals surface area contributed by atoms with Crippen molar-refractivity contribution in [2.45, 2.75) is 30.2 Å². The van der Waals surface area contributed by atoms with Gasteiger partial charge in [0.05, 0.1) is 5.56 Å². The Balaban J connectivity index is 1.70. The molecule has 28 heavy (non-hydrogen) atoms. The maximum atomic E-state index is 12.9. The number of carbonyl (C=O) groups excluding carboxylic acids is 1. The van der Waals surface area contributed by atoms with Gasteiger partial charge in [0.15, 0.2) is 5.16 Å². The van der Waals surface area contributed by atoms with E-state index >= 15 is 0 Å². The molecule has 1 atom stereocenters. The molecule has 1 aromatic heterocycles. The van der Waals surface area contributed by atoms with Gasteiger partial charge in [-0.2, -0.15) is 4.98 Å². The van der Waals surface area contributed by atoms with Gasteiger partial charge in [0.25, 0.3) is 5.56 Å². The summed E-state index contributed by atoms with van der Waals surface area (Å²) < 4.78 is 1.82. The lowest BCUT2D eigenvalue weighted by Gasteiger charge is -2.27. The molecule has 142 valence electrons. The minimum Gasteiger partial charge on any atom is -0.312 e. The van der Waals surface area contributed by atoms with Gasteiger partial charge >= 0.3 is 0 Å². The molecule has 0 bridgehead atoms. The lowest BCUT2D eigenvalue weighted by Crippen LogP contribution is -2.33. The first kappa shape index (κ1) is 18.5. The minimum absolute atomic E-state index is 0.0861. The van der Waals surface area contributed by atoms with E-state index in [0.717, 1.165) is 11.1 Å². The standard InChI is InChI=1S/C22H21N3O2S/c1-14-8-10-15(11-9-14)13-28-22-24-21(27)19-17(16-6-4-3-5-7-16)12-18(26)23-20(19)25(22)2/h3-11,17H,12-13H2,1-2H3,(H,23,26). The topological polar surface area (TPSA) is 64.0 Å². The van der Waals surface area contributed by atoms with Crippen LogP contribution in [-0.2, 0) is 17.6 Å².